The summed E-state index contributed by atoms with van der Waals surface area (Å²) in [6.07, 6.45) is 2.12. The highest BCUT2D eigenvalue weighted by Gasteiger charge is 2.24. The maximum atomic E-state index is 13.6. The summed E-state index contributed by atoms with van der Waals surface area (Å²) >= 11 is 0. The van der Waals surface area contributed by atoms with Gasteiger partial charge in [0.25, 0.3) is 0 Å². The SMILES string of the molecule is CO[C@H](C[C@H](CCCCN[C@@H](c1ccc(F)c(C)n1)C(C)C)C(=O)NO)c1ccc(F)cc1. The summed E-state index contributed by atoms with van der Waals surface area (Å²) in [6.45, 7) is 6.53. The van der Waals surface area contributed by atoms with Crippen molar-refractivity contribution in [1.29, 1.82) is 0 Å². The molecule has 0 spiro atoms. The number of hydrogen-bond donors (Lipinski definition) is 3. The molecule has 0 unspecified atom stereocenters. The number of hydroxylamine groups is 1. The monoisotopic (exact) mass is 463 g/mol. The van der Waals surface area contributed by atoms with Gasteiger partial charge in [0, 0.05) is 13.0 Å². The number of rotatable bonds is 13. The Bertz CT molecular complexity index is 878. The Morgan fingerprint density at radius 1 is 1.12 bits per heavy atom. The molecule has 0 fully saturated rings. The lowest BCUT2D eigenvalue weighted by Gasteiger charge is -2.23. The van der Waals surface area contributed by atoms with Crippen LogP contribution in [0.4, 0.5) is 8.78 Å². The molecule has 182 valence electrons. The number of nitrogens with zero attached hydrogens (tertiary/aromatic N) is 1. The van der Waals surface area contributed by atoms with E-state index in [9.17, 15) is 13.6 Å². The molecule has 0 saturated heterocycles. The zero-order valence-corrected chi connectivity index (χ0v) is 19.8. The minimum atomic E-state index is -0.460. The van der Waals surface area contributed by atoms with Crippen molar-refractivity contribution in [3.63, 3.8) is 0 Å². The number of unbranched alkanes of at least 4 members (excludes halogenated alkanes) is 1. The van der Waals surface area contributed by atoms with Crippen LogP contribution in [-0.4, -0.2) is 29.8 Å². The van der Waals surface area contributed by atoms with E-state index in [1.807, 2.05) is 0 Å². The molecule has 6 nitrogen and oxygen atoms in total. The molecule has 0 bridgehead atoms. The number of benzene rings is 1. The fourth-order valence-electron chi connectivity index (χ4n) is 3.94. The topological polar surface area (TPSA) is 83.5 Å². The van der Waals surface area contributed by atoms with Crippen molar-refractivity contribution in [2.24, 2.45) is 11.8 Å². The number of aromatic nitrogens is 1. The minimum absolute atomic E-state index is 0.00261. The first-order valence-electron chi connectivity index (χ1n) is 11.3. The molecule has 3 N–H and O–H groups in total. The second-order valence-corrected chi connectivity index (χ2v) is 8.66. The molecule has 0 aliphatic heterocycles. The average molecular weight is 464 g/mol. The summed E-state index contributed by atoms with van der Waals surface area (Å²) in [6, 6.07) is 9.14. The van der Waals surface area contributed by atoms with Gasteiger partial charge in [-0.2, -0.15) is 0 Å². The number of carbonyl (C=O) groups is 1. The summed E-state index contributed by atoms with van der Waals surface area (Å²) in [7, 11) is 1.54. The summed E-state index contributed by atoms with van der Waals surface area (Å²) in [5.41, 5.74) is 3.72. The molecule has 0 aliphatic rings. The van der Waals surface area contributed by atoms with Crippen LogP contribution >= 0.6 is 0 Å². The molecule has 2 aromatic rings. The number of amides is 1. The van der Waals surface area contributed by atoms with Crippen molar-refractivity contribution in [3.8, 4) is 0 Å². The summed E-state index contributed by atoms with van der Waals surface area (Å²) in [4.78, 5) is 16.6. The molecule has 0 radical (unpaired) electrons. The predicted octanol–water partition coefficient (Wildman–Crippen LogP) is 5.02. The molecule has 3 atom stereocenters. The Morgan fingerprint density at radius 3 is 2.39 bits per heavy atom. The second-order valence-electron chi connectivity index (χ2n) is 8.66. The number of carbonyl (C=O) groups excluding carboxylic acids is 1. The molecule has 33 heavy (non-hydrogen) atoms. The number of ether oxygens (including phenoxy) is 1. The van der Waals surface area contributed by atoms with E-state index in [-0.39, 0.29) is 29.7 Å². The van der Waals surface area contributed by atoms with Gasteiger partial charge < -0.3 is 10.1 Å². The molecule has 2 rings (SSSR count). The molecule has 0 aliphatic carbocycles. The van der Waals surface area contributed by atoms with E-state index in [1.54, 1.807) is 37.7 Å². The van der Waals surface area contributed by atoms with E-state index in [0.29, 0.717) is 25.1 Å². The third kappa shape index (κ3) is 8.14. The van der Waals surface area contributed by atoms with Crippen molar-refractivity contribution in [2.75, 3.05) is 13.7 Å². The lowest BCUT2D eigenvalue weighted by molar-refractivity contribution is -0.135. The molecular formula is C25H35F2N3O3. The number of halogens is 2. The van der Waals surface area contributed by atoms with Crippen LogP contribution < -0.4 is 10.8 Å². The van der Waals surface area contributed by atoms with Crippen LogP contribution in [0.3, 0.4) is 0 Å². The van der Waals surface area contributed by atoms with Crippen LogP contribution in [0.5, 0.6) is 0 Å². The molecule has 1 amide bonds. The fourth-order valence-corrected chi connectivity index (χ4v) is 3.94. The number of hydrogen-bond acceptors (Lipinski definition) is 5. The Labute approximate surface area is 194 Å². The van der Waals surface area contributed by atoms with Crippen LogP contribution in [-0.2, 0) is 9.53 Å². The van der Waals surface area contributed by atoms with Gasteiger partial charge in [0.15, 0.2) is 0 Å². The van der Waals surface area contributed by atoms with Crippen molar-refractivity contribution < 1.29 is 23.5 Å². The Morgan fingerprint density at radius 2 is 1.82 bits per heavy atom. The van der Waals surface area contributed by atoms with Gasteiger partial charge in [-0.05, 0) is 68.5 Å². The van der Waals surface area contributed by atoms with Gasteiger partial charge in [0.05, 0.1) is 23.5 Å². The van der Waals surface area contributed by atoms with E-state index < -0.39 is 11.8 Å². The van der Waals surface area contributed by atoms with Gasteiger partial charge in [0.2, 0.25) is 5.91 Å². The summed E-state index contributed by atoms with van der Waals surface area (Å²) in [5, 5.41) is 12.7. The van der Waals surface area contributed by atoms with Crippen molar-refractivity contribution in [3.05, 3.63) is 65.0 Å². The Balaban J connectivity index is 1.90. The van der Waals surface area contributed by atoms with Crippen LogP contribution in [0.1, 0.15) is 68.6 Å². The lowest BCUT2D eigenvalue weighted by atomic mass is 9.91. The summed E-state index contributed by atoms with van der Waals surface area (Å²) in [5.74, 6) is -1.29. The smallest absolute Gasteiger partial charge is 0.246 e. The highest BCUT2D eigenvalue weighted by molar-refractivity contribution is 5.77. The predicted molar refractivity (Wildman–Crippen MR) is 123 cm³/mol. The van der Waals surface area contributed by atoms with Gasteiger partial charge in [-0.15, -0.1) is 0 Å². The normalized spacial score (nSPS) is 14.2. The third-order valence-corrected chi connectivity index (χ3v) is 5.88. The quantitative estimate of drug-likeness (QED) is 0.221. The zero-order valence-electron chi connectivity index (χ0n) is 19.8. The van der Waals surface area contributed by atoms with Crippen molar-refractivity contribution in [1.82, 2.24) is 15.8 Å². The first-order chi connectivity index (χ1) is 15.8. The highest BCUT2D eigenvalue weighted by Crippen LogP contribution is 2.28. The second kappa shape index (κ2) is 13.3. The molecule has 8 heteroatoms. The number of aryl methyl sites for hydroxylation is 1. The van der Waals surface area contributed by atoms with Crippen molar-refractivity contribution >= 4 is 5.91 Å². The largest absolute Gasteiger partial charge is 0.377 e. The van der Waals surface area contributed by atoms with E-state index in [1.165, 1.54) is 18.2 Å². The van der Waals surface area contributed by atoms with Crippen molar-refractivity contribution in [2.45, 2.75) is 58.6 Å². The maximum Gasteiger partial charge on any atom is 0.246 e. The Hall–Kier alpha value is -2.42. The van der Waals surface area contributed by atoms with Crippen LogP contribution in [0.15, 0.2) is 36.4 Å². The van der Waals surface area contributed by atoms with Gasteiger partial charge in [-0.3, -0.25) is 15.0 Å². The van der Waals surface area contributed by atoms with E-state index in [2.05, 4.69) is 24.1 Å². The molecular weight excluding hydrogens is 428 g/mol. The lowest BCUT2D eigenvalue weighted by Crippen LogP contribution is -2.30. The molecule has 1 heterocycles. The van der Waals surface area contributed by atoms with E-state index in [0.717, 1.165) is 24.1 Å². The van der Waals surface area contributed by atoms with E-state index >= 15 is 0 Å². The first-order valence-corrected chi connectivity index (χ1v) is 11.3. The minimum Gasteiger partial charge on any atom is -0.377 e. The summed E-state index contributed by atoms with van der Waals surface area (Å²) < 4.78 is 32.3. The Kier molecular flexibility index (Phi) is 10.8. The first kappa shape index (κ1) is 26.8. The molecule has 1 aromatic carbocycles. The molecule has 0 saturated carbocycles. The number of pyridine rings is 1. The molecule has 1 aromatic heterocycles. The van der Waals surface area contributed by atoms with Gasteiger partial charge in [-0.1, -0.05) is 32.4 Å². The van der Waals surface area contributed by atoms with Gasteiger partial charge in [-0.25, -0.2) is 14.3 Å². The van der Waals surface area contributed by atoms with Gasteiger partial charge >= 0.3 is 0 Å². The number of methoxy groups -OCH3 is 1. The van der Waals surface area contributed by atoms with Crippen LogP contribution in [0, 0.1) is 30.4 Å². The maximum absolute atomic E-state index is 13.6. The van der Waals surface area contributed by atoms with Gasteiger partial charge in [0.1, 0.15) is 11.6 Å². The highest BCUT2D eigenvalue weighted by atomic mass is 19.1. The van der Waals surface area contributed by atoms with Crippen LogP contribution in [0.2, 0.25) is 0 Å². The third-order valence-electron chi connectivity index (χ3n) is 5.88. The standard InChI is InChI=1S/C25H35F2N3O3/c1-16(2)24(22-13-12-21(27)17(3)29-22)28-14-6-5-7-19(25(31)30-32)15-23(33-4)18-8-10-20(26)11-9-18/h8-13,16,19,23-24,28,32H,5-7,14-15H2,1-4H3,(H,30,31)/t19-,23+,24+/m0/s1. The zero-order chi connectivity index (χ0) is 24.4. The average Bonchev–Trinajstić information content (AvgIpc) is 2.80. The van der Waals surface area contributed by atoms with Crippen LogP contribution in [0.25, 0.3) is 0 Å². The van der Waals surface area contributed by atoms with E-state index in [4.69, 9.17) is 9.94 Å². The number of nitrogens with one attached hydrogen (secondary N) is 2. The fraction of sp³-hybridized carbons (Fsp3) is 0.520.